The second-order valence-corrected chi connectivity index (χ2v) is 7.05. The second-order valence-electron chi connectivity index (χ2n) is 7.05. The van der Waals surface area contributed by atoms with Gasteiger partial charge in [0.15, 0.2) is 0 Å². The molecule has 0 saturated heterocycles. The molecule has 0 aromatic carbocycles. The quantitative estimate of drug-likeness (QED) is 0.231. The van der Waals surface area contributed by atoms with Crippen LogP contribution in [0.2, 0.25) is 0 Å². The van der Waals surface area contributed by atoms with Gasteiger partial charge in [-0.15, -0.1) is 0 Å². The summed E-state index contributed by atoms with van der Waals surface area (Å²) in [5.74, 6) is 0.305. The lowest BCUT2D eigenvalue weighted by Crippen LogP contribution is -2.25. The molecule has 1 atom stereocenters. The van der Waals surface area contributed by atoms with Gasteiger partial charge in [0.2, 0.25) is 0 Å². The van der Waals surface area contributed by atoms with E-state index in [1.54, 1.807) is 0 Å². The zero-order chi connectivity index (χ0) is 17.0. The van der Waals surface area contributed by atoms with Crippen molar-refractivity contribution in [2.24, 2.45) is 5.92 Å². The highest BCUT2D eigenvalue weighted by Crippen LogP contribution is 2.14. The zero-order valence-electron chi connectivity index (χ0n) is 15.7. The van der Waals surface area contributed by atoms with Crippen LogP contribution >= 0.6 is 0 Å². The molecule has 0 radical (unpaired) electrons. The molecule has 0 aromatic rings. The van der Waals surface area contributed by atoms with E-state index in [1.807, 2.05) is 0 Å². The van der Waals surface area contributed by atoms with E-state index in [1.165, 1.54) is 89.9 Å². The molecule has 3 N–H and O–H groups in total. The maximum Gasteiger partial charge on any atom is 0.0931 e. The van der Waals surface area contributed by atoms with E-state index < -0.39 is 0 Å². The molecular formula is C20H43NO2. The Labute approximate surface area is 145 Å². The van der Waals surface area contributed by atoms with E-state index >= 15 is 0 Å². The Hall–Kier alpha value is -0.120. The lowest BCUT2D eigenvalue weighted by molar-refractivity contribution is 0.191. The molecule has 0 fully saturated rings. The summed E-state index contributed by atoms with van der Waals surface area (Å²) in [5, 5.41) is 20.8. The van der Waals surface area contributed by atoms with E-state index in [2.05, 4.69) is 12.2 Å². The molecule has 0 heterocycles. The predicted molar refractivity (Wildman–Crippen MR) is 101 cm³/mol. The van der Waals surface area contributed by atoms with Crippen LogP contribution in [0.25, 0.3) is 0 Å². The average molecular weight is 330 g/mol. The molecule has 0 aliphatic rings. The minimum absolute atomic E-state index is 0.00917. The van der Waals surface area contributed by atoms with Gasteiger partial charge in [0, 0.05) is 13.2 Å². The lowest BCUT2D eigenvalue weighted by Gasteiger charge is -2.13. The molecule has 3 heteroatoms. The number of aliphatic hydroxyl groups excluding tert-OH is 2. The molecule has 0 rings (SSSR count). The van der Waals surface area contributed by atoms with E-state index in [4.69, 9.17) is 5.11 Å². The van der Waals surface area contributed by atoms with Gasteiger partial charge in [0.05, 0.1) is 6.73 Å². The first kappa shape index (κ1) is 22.9. The van der Waals surface area contributed by atoms with Crippen molar-refractivity contribution in [2.45, 2.75) is 103 Å². The van der Waals surface area contributed by atoms with E-state index in [0.717, 1.165) is 13.0 Å². The van der Waals surface area contributed by atoms with Gasteiger partial charge in [-0.2, -0.15) is 0 Å². The van der Waals surface area contributed by atoms with Crippen molar-refractivity contribution < 1.29 is 10.2 Å². The highest BCUT2D eigenvalue weighted by molar-refractivity contribution is 4.60. The monoisotopic (exact) mass is 329 g/mol. The molecule has 0 aromatic heterocycles. The van der Waals surface area contributed by atoms with Gasteiger partial charge in [0.1, 0.15) is 0 Å². The maximum absolute atomic E-state index is 9.23. The standard InChI is InChI=1S/C20H43NO2/c1-2-3-4-5-6-7-8-9-10-11-12-13-14-15-16-20(18-22)17-21-19-23/h20-23H,2-19H2,1H3. The number of rotatable bonds is 19. The fraction of sp³-hybridized carbons (Fsp3) is 1.00. The minimum Gasteiger partial charge on any atom is -0.396 e. The van der Waals surface area contributed by atoms with Crippen molar-refractivity contribution in [3.63, 3.8) is 0 Å². The Bertz CT molecular complexity index is 212. The van der Waals surface area contributed by atoms with Crippen LogP contribution in [0.15, 0.2) is 0 Å². The van der Waals surface area contributed by atoms with Crippen LogP contribution in [0.4, 0.5) is 0 Å². The van der Waals surface area contributed by atoms with Crippen LogP contribution in [0.3, 0.4) is 0 Å². The van der Waals surface area contributed by atoms with Gasteiger partial charge in [0.25, 0.3) is 0 Å². The summed E-state index contributed by atoms with van der Waals surface area (Å²) in [6.45, 7) is 3.24. The topological polar surface area (TPSA) is 52.5 Å². The zero-order valence-corrected chi connectivity index (χ0v) is 15.7. The van der Waals surface area contributed by atoms with Crippen LogP contribution < -0.4 is 5.32 Å². The number of hydrogen-bond donors (Lipinski definition) is 3. The number of aliphatic hydroxyl groups is 2. The Kier molecular flexibility index (Phi) is 19.8. The van der Waals surface area contributed by atoms with Crippen LogP contribution in [-0.4, -0.2) is 30.1 Å². The lowest BCUT2D eigenvalue weighted by atomic mass is 10.00. The summed E-state index contributed by atoms with van der Waals surface area (Å²) in [5.41, 5.74) is 0. The molecule has 140 valence electrons. The van der Waals surface area contributed by atoms with Gasteiger partial charge in [-0.25, -0.2) is 0 Å². The molecule has 0 aliphatic heterocycles. The summed E-state index contributed by atoms with van der Waals surface area (Å²) in [4.78, 5) is 0. The fourth-order valence-electron chi connectivity index (χ4n) is 3.15. The first-order chi connectivity index (χ1) is 11.3. The molecule has 0 saturated carbocycles. The van der Waals surface area contributed by atoms with Gasteiger partial charge in [-0.3, -0.25) is 5.32 Å². The number of hydrogen-bond acceptors (Lipinski definition) is 3. The summed E-state index contributed by atoms with van der Waals surface area (Å²) in [6, 6.07) is 0. The van der Waals surface area contributed by atoms with Crippen molar-refractivity contribution in [1.29, 1.82) is 0 Å². The molecule has 23 heavy (non-hydrogen) atoms. The number of nitrogens with one attached hydrogen (secondary N) is 1. The van der Waals surface area contributed by atoms with Gasteiger partial charge < -0.3 is 10.2 Å². The third-order valence-electron chi connectivity index (χ3n) is 4.77. The smallest absolute Gasteiger partial charge is 0.0931 e. The van der Waals surface area contributed by atoms with E-state index in [9.17, 15) is 5.11 Å². The minimum atomic E-state index is 0.00917. The Morgan fingerprint density at radius 3 is 1.48 bits per heavy atom. The van der Waals surface area contributed by atoms with Gasteiger partial charge >= 0.3 is 0 Å². The highest BCUT2D eigenvalue weighted by atomic mass is 16.3. The predicted octanol–water partition coefficient (Wildman–Crippen LogP) is 5.01. The number of unbranched alkanes of at least 4 members (excludes halogenated alkanes) is 13. The molecule has 1 unspecified atom stereocenters. The van der Waals surface area contributed by atoms with Crippen LogP contribution in [0.1, 0.15) is 103 Å². The molecular weight excluding hydrogens is 286 g/mol. The third-order valence-corrected chi connectivity index (χ3v) is 4.77. The van der Waals surface area contributed by atoms with Crippen molar-refractivity contribution in [3.8, 4) is 0 Å². The fourth-order valence-corrected chi connectivity index (χ4v) is 3.15. The first-order valence-electron chi connectivity index (χ1n) is 10.3. The normalized spacial score (nSPS) is 12.7. The van der Waals surface area contributed by atoms with Crippen molar-refractivity contribution >= 4 is 0 Å². The molecule has 0 spiro atoms. The SMILES string of the molecule is CCCCCCCCCCCCCCCCC(CO)CNCO. The maximum atomic E-state index is 9.23. The van der Waals surface area contributed by atoms with Crippen LogP contribution in [0, 0.1) is 5.92 Å². The third kappa shape index (κ3) is 18.1. The Balaban J connectivity index is 3.12. The van der Waals surface area contributed by atoms with Crippen LogP contribution in [-0.2, 0) is 0 Å². The molecule has 3 nitrogen and oxygen atoms in total. The van der Waals surface area contributed by atoms with Crippen molar-refractivity contribution in [3.05, 3.63) is 0 Å². The summed E-state index contributed by atoms with van der Waals surface area (Å²) >= 11 is 0. The van der Waals surface area contributed by atoms with E-state index in [-0.39, 0.29) is 13.3 Å². The molecule has 0 aliphatic carbocycles. The molecule has 0 amide bonds. The van der Waals surface area contributed by atoms with Gasteiger partial charge in [-0.05, 0) is 12.3 Å². The van der Waals surface area contributed by atoms with E-state index in [0.29, 0.717) is 5.92 Å². The first-order valence-corrected chi connectivity index (χ1v) is 10.3. The van der Waals surface area contributed by atoms with Crippen LogP contribution in [0.5, 0.6) is 0 Å². The Morgan fingerprint density at radius 2 is 1.09 bits per heavy atom. The molecule has 0 bridgehead atoms. The summed E-state index contributed by atoms with van der Waals surface area (Å²) < 4.78 is 0. The Morgan fingerprint density at radius 1 is 0.652 bits per heavy atom. The highest BCUT2D eigenvalue weighted by Gasteiger charge is 2.05. The van der Waals surface area contributed by atoms with Crippen molar-refractivity contribution in [2.75, 3.05) is 19.9 Å². The summed E-state index contributed by atoms with van der Waals surface area (Å²) in [6.07, 6.45) is 20.4. The second kappa shape index (κ2) is 19.9. The largest absolute Gasteiger partial charge is 0.396 e. The average Bonchev–Trinajstić information content (AvgIpc) is 2.57. The summed E-state index contributed by atoms with van der Waals surface area (Å²) in [7, 11) is 0. The van der Waals surface area contributed by atoms with Crippen molar-refractivity contribution in [1.82, 2.24) is 5.32 Å². The van der Waals surface area contributed by atoms with Gasteiger partial charge in [-0.1, -0.05) is 96.8 Å².